The summed E-state index contributed by atoms with van der Waals surface area (Å²) in [6.45, 7) is 2.11. The van der Waals surface area contributed by atoms with E-state index < -0.39 is 12.2 Å². The third-order valence-corrected chi connectivity index (χ3v) is 1.84. The molecule has 6 heteroatoms. The first-order valence-corrected chi connectivity index (χ1v) is 4.60. The molecule has 15 heavy (non-hydrogen) atoms. The second kappa shape index (κ2) is 5.06. The maximum atomic E-state index is 12.6. The normalized spacial score (nSPS) is 13.9. The Balaban J connectivity index is 2.82. The predicted molar refractivity (Wildman–Crippen MR) is 49.1 cm³/mol. The molecule has 1 aromatic rings. The van der Waals surface area contributed by atoms with E-state index in [4.69, 9.17) is 0 Å². The Bertz CT molecular complexity index is 286. The Morgan fingerprint density at radius 2 is 1.93 bits per heavy atom. The van der Waals surface area contributed by atoms with Gasteiger partial charge >= 0.3 is 6.18 Å². The quantitative estimate of drug-likeness (QED) is 0.842. The van der Waals surface area contributed by atoms with Crippen LogP contribution >= 0.6 is 0 Å². The van der Waals surface area contributed by atoms with Gasteiger partial charge in [-0.25, -0.2) is 9.97 Å². The predicted octanol–water partition coefficient (Wildman–Crippen LogP) is 2.08. The highest BCUT2D eigenvalue weighted by atomic mass is 19.4. The molecule has 0 saturated carbocycles. The Morgan fingerprint density at radius 1 is 1.33 bits per heavy atom. The lowest BCUT2D eigenvalue weighted by molar-refractivity contribution is -0.157. The molecule has 1 heterocycles. The molecular formula is C9H12F3N3. The molecule has 84 valence electrons. The van der Waals surface area contributed by atoms with Crippen LogP contribution in [0.4, 0.5) is 13.2 Å². The maximum absolute atomic E-state index is 12.6. The fourth-order valence-corrected chi connectivity index (χ4v) is 1.17. The van der Waals surface area contributed by atoms with Crippen LogP contribution in [-0.4, -0.2) is 22.7 Å². The van der Waals surface area contributed by atoms with Crippen LogP contribution < -0.4 is 5.32 Å². The van der Waals surface area contributed by atoms with Crippen molar-refractivity contribution >= 4 is 0 Å². The molecule has 0 spiro atoms. The first-order chi connectivity index (χ1) is 7.05. The highest BCUT2D eigenvalue weighted by Crippen LogP contribution is 2.31. The van der Waals surface area contributed by atoms with Crippen molar-refractivity contribution in [3.63, 3.8) is 0 Å². The van der Waals surface area contributed by atoms with E-state index in [1.165, 1.54) is 18.7 Å². The fraction of sp³-hybridized carbons (Fsp3) is 0.556. The minimum absolute atomic E-state index is 0.0402. The van der Waals surface area contributed by atoms with Crippen molar-refractivity contribution in [1.29, 1.82) is 0 Å². The summed E-state index contributed by atoms with van der Waals surface area (Å²) in [6, 6.07) is -1.68. The van der Waals surface area contributed by atoms with Crippen LogP contribution in [0.3, 0.4) is 0 Å². The summed E-state index contributed by atoms with van der Waals surface area (Å²) in [5.41, 5.74) is 0.0402. The summed E-state index contributed by atoms with van der Waals surface area (Å²) >= 11 is 0. The number of hydrogen-bond acceptors (Lipinski definition) is 3. The molecule has 0 aliphatic carbocycles. The van der Waals surface area contributed by atoms with Crippen molar-refractivity contribution in [1.82, 2.24) is 15.3 Å². The molecule has 0 saturated heterocycles. The minimum atomic E-state index is -4.32. The van der Waals surface area contributed by atoms with E-state index in [2.05, 4.69) is 15.3 Å². The van der Waals surface area contributed by atoms with Gasteiger partial charge in [-0.3, -0.25) is 0 Å². The first-order valence-electron chi connectivity index (χ1n) is 4.60. The minimum Gasteiger partial charge on any atom is -0.302 e. The molecule has 1 atom stereocenters. The van der Waals surface area contributed by atoms with E-state index in [0.717, 1.165) is 0 Å². The molecular weight excluding hydrogens is 207 g/mol. The average Bonchev–Trinajstić information content (AvgIpc) is 2.18. The summed E-state index contributed by atoms with van der Waals surface area (Å²) in [5, 5.41) is 2.42. The Morgan fingerprint density at radius 3 is 2.40 bits per heavy atom. The molecule has 0 fully saturated rings. The van der Waals surface area contributed by atoms with E-state index in [1.807, 2.05) is 6.92 Å². The van der Waals surface area contributed by atoms with Gasteiger partial charge in [0.15, 0.2) is 0 Å². The zero-order valence-corrected chi connectivity index (χ0v) is 8.25. The Labute approximate surface area is 85.7 Å². The molecule has 0 radical (unpaired) electrons. The van der Waals surface area contributed by atoms with Gasteiger partial charge in [-0.05, 0) is 13.0 Å². The lowest BCUT2D eigenvalue weighted by atomic mass is 10.1. The van der Waals surface area contributed by atoms with Crippen LogP contribution in [0.15, 0.2) is 18.7 Å². The number of alkyl halides is 3. The molecule has 1 unspecified atom stereocenters. The topological polar surface area (TPSA) is 37.8 Å². The van der Waals surface area contributed by atoms with Crippen LogP contribution in [0, 0.1) is 0 Å². The summed E-state index contributed by atoms with van der Waals surface area (Å²) in [7, 11) is 0. The highest BCUT2D eigenvalue weighted by Gasteiger charge is 2.40. The molecule has 1 rings (SSSR count). The SMILES string of the molecule is CCCNC(c1cncnc1)C(F)(F)F. The van der Waals surface area contributed by atoms with Crippen LogP contribution in [0.5, 0.6) is 0 Å². The van der Waals surface area contributed by atoms with Crippen molar-refractivity contribution in [2.45, 2.75) is 25.6 Å². The summed E-state index contributed by atoms with van der Waals surface area (Å²) in [6.07, 6.45) is -0.126. The van der Waals surface area contributed by atoms with Crippen LogP contribution in [-0.2, 0) is 0 Å². The smallest absolute Gasteiger partial charge is 0.302 e. The molecule has 0 aromatic carbocycles. The summed E-state index contributed by atoms with van der Waals surface area (Å²) in [5.74, 6) is 0. The second-order valence-corrected chi connectivity index (χ2v) is 3.10. The number of nitrogens with zero attached hydrogens (tertiary/aromatic N) is 2. The molecule has 0 aliphatic rings. The van der Waals surface area contributed by atoms with Gasteiger partial charge in [-0.2, -0.15) is 13.2 Å². The van der Waals surface area contributed by atoms with Crippen molar-refractivity contribution < 1.29 is 13.2 Å². The number of halogens is 3. The fourth-order valence-electron chi connectivity index (χ4n) is 1.17. The van der Waals surface area contributed by atoms with Crippen molar-refractivity contribution in [2.24, 2.45) is 0 Å². The van der Waals surface area contributed by atoms with Crippen LogP contribution in [0.25, 0.3) is 0 Å². The van der Waals surface area contributed by atoms with Gasteiger partial charge in [0.1, 0.15) is 12.4 Å². The highest BCUT2D eigenvalue weighted by molar-refractivity contribution is 5.11. The first kappa shape index (κ1) is 11.9. The van der Waals surface area contributed by atoms with E-state index in [1.54, 1.807) is 0 Å². The monoisotopic (exact) mass is 219 g/mol. The third-order valence-electron chi connectivity index (χ3n) is 1.84. The third kappa shape index (κ3) is 3.47. The number of hydrogen-bond donors (Lipinski definition) is 1. The summed E-state index contributed by atoms with van der Waals surface area (Å²) < 4.78 is 37.8. The summed E-state index contributed by atoms with van der Waals surface area (Å²) in [4.78, 5) is 7.15. The lowest BCUT2D eigenvalue weighted by Gasteiger charge is -2.20. The number of nitrogens with one attached hydrogen (secondary N) is 1. The second-order valence-electron chi connectivity index (χ2n) is 3.10. The maximum Gasteiger partial charge on any atom is 0.408 e. The Kier molecular flexibility index (Phi) is 4.02. The van der Waals surface area contributed by atoms with E-state index in [0.29, 0.717) is 13.0 Å². The zero-order valence-electron chi connectivity index (χ0n) is 8.25. The van der Waals surface area contributed by atoms with Crippen molar-refractivity contribution in [3.05, 3.63) is 24.3 Å². The molecule has 0 amide bonds. The van der Waals surface area contributed by atoms with Crippen molar-refractivity contribution in [3.8, 4) is 0 Å². The number of aromatic nitrogens is 2. The standard InChI is InChI=1S/C9H12F3N3/c1-2-3-15-8(9(10,11)12)7-4-13-6-14-5-7/h4-6,8,15H,2-3H2,1H3. The Hall–Kier alpha value is -1.17. The molecule has 0 bridgehead atoms. The van der Waals surface area contributed by atoms with E-state index >= 15 is 0 Å². The molecule has 3 nitrogen and oxygen atoms in total. The van der Waals surface area contributed by atoms with E-state index in [-0.39, 0.29) is 5.56 Å². The van der Waals surface area contributed by atoms with Crippen molar-refractivity contribution in [2.75, 3.05) is 6.54 Å². The average molecular weight is 219 g/mol. The number of rotatable bonds is 4. The largest absolute Gasteiger partial charge is 0.408 e. The molecule has 1 aromatic heterocycles. The van der Waals surface area contributed by atoms with Gasteiger partial charge < -0.3 is 5.32 Å². The zero-order chi connectivity index (χ0) is 11.3. The van der Waals surface area contributed by atoms with Gasteiger partial charge in [0.25, 0.3) is 0 Å². The van der Waals surface area contributed by atoms with Crippen LogP contribution in [0.2, 0.25) is 0 Å². The lowest BCUT2D eigenvalue weighted by Crippen LogP contribution is -2.34. The van der Waals surface area contributed by atoms with Gasteiger partial charge in [-0.1, -0.05) is 6.92 Å². The van der Waals surface area contributed by atoms with Gasteiger partial charge in [-0.15, -0.1) is 0 Å². The molecule has 1 N–H and O–H groups in total. The van der Waals surface area contributed by atoms with Gasteiger partial charge in [0, 0.05) is 18.0 Å². The van der Waals surface area contributed by atoms with Crippen LogP contribution in [0.1, 0.15) is 24.9 Å². The molecule has 0 aliphatic heterocycles. The van der Waals surface area contributed by atoms with E-state index in [9.17, 15) is 13.2 Å². The van der Waals surface area contributed by atoms with Gasteiger partial charge in [0.05, 0.1) is 0 Å². The van der Waals surface area contributed by atoms with Gasteiger partial charge in [0.2, 0.25) is 0 Å².